The van der Waals surface area contributed by atoms with Crippen LogP contribution in [0, 0.1) is 0 Å². The Bertz CT molecular complexity index is 301. The van der Waals surface area contributed by atoms with E-state index in [1.165, 1.54) is 12.0 Å². The molecule has 0 atom stereocenters. The highest BCUT2D eigenvalue weighted by Crippen LogP contribution is 2.29. The summed E-state index contributed by atoms with van der Waals surface area (Å²) < 4.78 is 0.231. The zero-order chi connectivity index (χ0) is 12.0. The summed E-state index contributed by atoms with van der Waals surface area (Å²) in [6.07, 6.45) is 3.14. The van der Waals surface area contributed by atoms with E-state index in [9.17, 15) is 0 Å². The largest absolute Gasteiger partial charge is 0.313 e. The van der Waals surface area contributed by atoms with Crippen molar-refractivity contribution < 1.29 is 0 Å². The van der Waals surface area contributed by atoms with Crippen LogP contribution in [0.5, 0.6) is 0 Å². The van der Waals surface area contributed by atoms with Crippen LogP contribution in [0.1, 0.15) is 39.7 Å². The Hall–Kier alpha value is -0.540. The smallest absolute Gasteiger partial charge is 0.0965 e. The Kier molecular flexibility index (Phi) is 5.29. The lowest BCUT2D eigenvalue weighted by Gasteiger charge is -2.16. The topological polar surface area (TPSA) is 24.9 Å². The van der Waals surface area contributed by atoms with Crippen molar-refractivity contribution in [1.29, 1.82) is 0 Å². The molecule has 0 aliphatic carbocycles. The van der Waals surface area contributed by atoms with Crippen molar-refractivity contribution in [2.75, 3.05) is 6.54 Å². The van der Waals surface area contributed by atoms with Crippen LogP contribution >= 0.6 is 11.8 Å². The minimum absolute atomic E-state index is 0.231. The van der Waals surface area contributed by atoms with Gasteiger partial charge in [0.05, 0.1) is 5.03 Å². The molecule has 16 heavy (non-hydrogen) atoms. The lowest BCUT2D eigenvalue weighted by Crippen LogP contribution is -2.14. The molecule has 1 aromatic heterocycles. The minimum Gasteiger partial charge on any atom is -0.313 e. The van der Waals surface area contributed by atoms with Gasteiger partial charge in [0.1, 0.15) is 0 Å². The van der Waals surface area contributed by atoms with Gasteiger partial charge in [-0.15, -0.1) is 11.8 Å². The number of hydrogen-bond acceptors (Lipinski definition) is 3. The molecule has 0 bridgehead atoms. The minimum atomic E-state index is 0.231. The van der Waals surface area contributed by atoms with Crippen molar-refractivity contribution in [2.45, 2.75) is 50.4 Å². The second-order valence-corrected chi connectivity index (χ2v) is 6.74. The molecule has 0 aliphatic rings. The first-order valence-electron chi connectivity index (χ1n) is 5.86. The van der Waals surface area contributed by atoms with Gasteiger partial charge in [-0.3, -0.25) is 0 Å². The van der Waals surface area contributed by atoms with Crippen LogP contribution in [0.4, 0.5) is 0 Å². The van der Waals surface area contributed by atoms with E-state index >= 15 is 0 Å². The van der Waals surface area contributed by atoms with Crippen molar-refractivity contribution in [3.8, 4) is 0 Å². The van der Waals surface area contributed by atoms with Crippen LogP contribution in [0.3, 0.4) is 0 Å². The maximum Gasteiger partial charge on any atom is 0.0965 e. The molecule has 2 nitrogen and oxygen atoms in total. The molecule has 0 saturated carbocycles. The third kappa shape index (κ3) is 5.52. The highest BCUT2D eigenvalue weighted by Gasteiger charge is 2.12. The highest BCUT2D eigenvalue weighted by atomic mass is 32.2. The lowest BCUT2D eigenvalue weighted by molar-refractivity contribution is 0.673. The predicted octanol–water partition coefficient (Wildman–Crippen LogP) is 3.47. The van der Waals surface area contributed by atoms with Gasteiger partial charge in [-0.2, -0.15) is 0 Å². The first kappa shape index (κ1) is 13.5. The van der Waals surface area contributed by atoms with Crippen LogP contribution in [-0.4, -0.2) is 16.3 Å². The van der Waals surface area contributed by atoms with Crippen molar-refractivity contribution >= 4 is 11.8 Å². The van der Waals surface area contributed by atoms with Gasteiger partial charge >= 0.3 is 0 Å². The Morgan fingerprint density at radius 3 is 2.56 bits per heavy atom. The number of aromatic nitrogens is 1. The fourth-order valence-corrected chi connectivity index (χ4v) is 2.17. The van der Waals surface area contributed by atoms with Crippen LogP contribution in [0.25, 0.3) is 0 Å². The fraction of sp³-hybridized carbons (Fsp3) is 0.615. The molecule has 0 saturated heterocycles. The Morgan fingerprint density at radius 2 is 2.06 bits per heavy atom. The summed E-state index contributed by atoms with van der Waals surface area (Å²) in [5, 5.41) is 4.48. The highest BCUT2D eigenvalue weighted by molar-refractivity contribution is 8.00. The summed E-state index contributed by atoms with van der Waals surface area (Å²) in [6.45, 7) is 10.8. The number of pyridine rings is 1. The van der Waals surface area contributed by atoms with Gasteiger partial charge in [-0.05, 0) is 24.6 Å². The van der Waals surface area contributed by atoms with Crippen molar-refractivity contribution in [3.63, 3.8) is 0 Å². The fourth-order valence-electron chi connectivity index (χ4n) is 1.30. The molecular formula is C13H22N2S. The Labute approximate surface area is 103 Å². The molecule has 0 fully saturated rings. The monoisotopic (exact) mass is 238 g/mol. The van der Waals surface area contributed by atoms with Crippen LogP contribution in [0.15, 0.2) is 23.4 Å². The summed E-state index contributed by atoms with van der Waals surface area (Å²) in [7, 11) is 0. The van der Waals surface area contributed by atoms with Crippen LogP contribution in [-0.2, 0) is 6.54 Å². The standard InChI is InChI=1S/C13H22N2S/c1-5-8-14-9-11-6-7-12(15-10-11)16-13(2,3)4/h6-7,10,14H,5,8-9H2,1-4H3. The molecule has 0 radical (unpaired) electrons. The molecule has 1 N–H and O–H groups in total. The van der Waals surface area contributed by atoms with Gasteiger partial charge in [0.15, 0.2) is 0 Å². The van der Waals surface area contributed by atoms with Gasteiger partial charge in [0.25, 0.3) is 0 Å². The summed E-state index contributed by atoms with van der Waals surface area (Å²) in [4.78, 5) is 4.47. The number of nitrogens with one attached hydrogen (secondary N) is 1. The first-order chi connectivity index (χ1) is 7.51. The third-order valence-electron chi connectivity index (χ3n) is 1.96. The zero-order valence-corrected chi connectivity index (χ0v) is 11.5. The number of hydrogen-bond donors (Lipinski definition) is 1. The van der Waals surface area contributed by atoms with Crippen molar-refractivity contribution in [2.24, 2.45) is 0 Å². The first-order valence-corrected chi connectivity index (χ1v) is 6.67. The molecule has 0 aliphatic heterocycles. The van der Waals surface area contributed by atoms with E-state index in [1.807, 2.05) is 6.20 Å². The maximum atomic E-state index is 4.47. The van der Waals surface area contributed by atoms with E-state index in [0.29, 0.717) is 0 Å². The molecule has 0 amide bonds. The summed E-state index contributed by atoms with van der Waals surface area (Å²) in [5.41, 5.74) is 1.26. The quantitative estimate of drug-likeness (QED) is 0.628. The normalized spacial score (nSPS) is 11.8. The van der Waals surface area contributed by atoms with Crippen molar-refractivity contribution in [1.82, 2.24) is 10.3 Å². The molecule has 0 unspecified atom stereocenters. The third-order valence-corrected chi connectivity index (χ3v) is 3.03. The van der Waals surface area contributed by atoms with E-state index in [1.54, 1.807) is 11.8 Å². The van der Waals surface area contributed by atoms with E-state index in [-0.39, 0.29) is 4.75 Å². The second-order valence-electron chi connectivity index (χ2n) is 4.90. The van der Waals surface area contributed by atoms with Crippen LogP contribution in [0.2, 0.25) is 0 Å². The zero-order valence-electron chi connectivity index (χ0n) is 10.7. The van der Waals surface area contributed by atoms with Gasteiger partial charge < -0.3 is 5.32 Å². The molecule has 3 heteroatoms. The van der Waals surface area contributed by atoms with E-state index < -0.39 is 0 Å². The summed E-state index contributed by atoms with van der Waals surface area (Å²) >= 11 is 1.81. The summed E-state index contributed by atoms with van der Waals surface area (Å²) in [5.74, 6) is 0. The molecular weight excluding hydrogens is 216 g/mol. The molecule has 1 rings (SSSR count). The Balaban J connectivity index is 2.48. The van der Waals surface area contributed by atoms with Gasteiger partial charge in [-0.25, -0.2) is 4.98 Å². The number of rotatable bonds is 5. The van der Waals surface area contributed by atoms with E-state index in [4.69, 9.17) is 0 Å². The Morgan fingerprint density at radius 1 is 1.31 bits per heavy atom. The molecule has 0 aromatic carbocycles. The average molecular weight is 238 g/mol. The second kappa shape index (κ2) is 6.26. The predicted molar refractivity (Wildman–Crippen MR) is 71.8 cm³/mol. The maximum absolute atomic E-state index is 4.47. The van der Waals surface area contributed by atoms with E-state index in [0.717, 1.165) is 18.1 Å². The summed E-state index contributed by atoms with van der Waals surface area (Å²) in [6, 6.07) is 4.27. The average Bonchev–Trinajstić information content (AvgIpc) is 2.19. The SMILES string of the molecule is CCCNCc1ccc(SC(C)(C)C)nc1. The van der Waals surface area contributed by atoms with Gasteiger partial charge in [-0.1, -0.05) is 33.8 Å². The van der Waals surface area contributed by atoms with Gasteiger partial charge in [0, 0.05) is 17.5 Å². The number of nitrogens with zero attached hydrogens (tertiary/aromatic N) is 1. The van der Waals surface area contributed by atoms with Crippen molar-refractivity contribution in [3.05, 3.63) is 23.9 Å². The molecule has 1 aromatic rings. The van der Waals surface area contributed by atoms with Gasteiger partial charge in [0.2, 0.25) is 0 Å². The lowest BCUT2D eigenvalue weighted by atomic mass is 10.3. The van der Waals surface area contributed by atoms with Crippen LogP contribution < -0.4 is 5.32 Å². The molecule has 90 valence electrons. The number of thioether (sulfide) groups is 1. The molecule has 0 spiro atoms. The molecule has 1 heterocycles. The van der Waals surface area contributed by atoms with E-state index in [2.05, 4.69) is 50.1 Å².